The fourth-order valence-electron chi connectivity index (χ4n) is 6.46. The maximum absolute atomic E-state index is 14.0. The van der Waals surface area contributed by atoms with Gasteiger partial charge in [-0.25, -0.2) is 41.6 Å². The first kappa shape index (κ1) is 46.0. The summed E-state index contributed by atoms with van der Waals surface area (Å²) in [7, 11) is -8.49. The lowest BCUT2D eigenvalue weighted by Crippen LogP contribution is -2.22. The summed E-state index contributed by atoms with van der Waals surface area (Å²) in [6.07, 6.45) is 2.69. The standard InChI is InChI=1S/C43H41Cl2N9O7S2/c1-42(2,3)25-9-13-29(14-10-25)62(58,59)54-33-20-28(45)23-49-38(33)40(56)34-17-24(18-35(46)50-34)21-43(4,5)26-11-15-30(16-12-26)63(60,61)53-32-19-27(44)22-48-37(32)39(55)31-7-6-8-36(51-31)52-41(47)57/h6-20,22-23,53-54H,21H2,1-5H3,(H2,46,50)(H3,47,51,52,57). The maximum Gasteiger partial charge on any atom is 0.317 e. The Bertz CT molecular complexity index is 3000. The van der Waals surface area contributed by atoms with E-state index in [0.717, 1.165) is 5.56 Å². The number of urea groups is 1. The Morgan fingerprint density at radius 3 is 1.63 bits per heavy atom. The molecule has 0 atom stereocenters. The van der Waals surface area contributed by atoms with E-state index in [1.165, 1.54) is 73.1 Å². The summed E-state index contributed by atoms with van der Waals surface area (Å²) in [5.74, 6) is -1.46. The molecule has 16 nitrogen and oxygen atoms in total. The minimum Gasteiger partial charge on any atom is -0.384 e. The average Bonchev–Trinajstić information content (AvgIpc) is 3.19. The van der Waals surface area contributed by atoms with Gasteiger partial charge in [0.05, 0.1) is 31.2 Å². The van der Waals surface area contributed by atoms with Crippen molar-refractivity contribution in [2.45, 2.75) is 61.7 Å². The van der Waals surface area contributed by atoms with Crippen molar-refractivity contribution in [2.24, 2.45) is 5.73 Å². The number of hydrogen-bond acceptors (Lipinski definition) is 12. The van der Waals surface area contributed by atoms with E-state index >= 15 is 0 Å². The van der Waals surface area contributed by atoms with Crippen LogP contribution in [0.2, 0.25) is 10.0 Å². The number of primary amides is 1. The van der Waals surface area contributed by atoms with Crippen LogP contribution in [0.3, 0.4) is 0 Å². The second kappa shape index (κ2) is 17.7. The van der Waals surface area contributed by atoms with Gasteiger partial charge >= 0.3 is 6.03 Å². The van der Waals surface area contributed by atoms with Crippen LogP contribution >= 0.6 is 23.2 Å². The van der Waals surface area contributed by atoms with Gasteiger partial charge in [0.2, 0.25) is 11.6 Å². The summed E-state index contributed by atoms with van der Waals surface area (Å²) in [5, 5.41) is 2.41. The van der Waals surface area contributed by atoms with Gasteiger partial charge < -0.3 is 11.5 Å². The Labute approximate surface area is 374 Å². The van der Waals surface area contributed by atoms with Crippen molar-refractivity contribution in [2.75, 3.05) is 20.5 Å². The molecule has 0 bridgehead atoms. The number of carbonyl (C=O) groups is 3. The van der Waals surface area contributed by atoms with Crippen molar-refractivity contribution in [3.8, 4) is 0 Å². The van der Waals surface area contributed by atoms with E-state index in [-0.39, 0.29) is 71.0 Å². The van der Waals surface area contributed by atoms with E-state index in [2.05, 4.69) is 34.7 Å². The number of nitrogens with zero attached hydrogens (tertiary/aromatic N) is 4. The predicted octanol–water partition coefficient (Wildman–Crippen LogP) is 7.53. The monoisotopic (exact) mass is 929 g/mol. The maximum atomic E-state index is 14.0. The highest BCUT2D eigenvalue weighted by atomic mass is 35.5. The fraction of sp³-hybridized carbons (Fsp3) is 0.186. The van der Waals surface area contributed by atoms with Gasteiger partial charge in [0.25, 0.3) is 20.0 Å². The summed E-state index contributed by atoms with van der Waals surface area (Å²) in [4.78, 5) is 55.1. The molecule has 4 aromatic heterocycles. The Hall–Kier alpha value is -6.47. The lowest BCUT2D eigenvalue weighted by Gasteiger charge is -2.26. The molecule has 0 aliphatic heterocycles. The molecule has 0 fully saturated rings. The SMILES string of the molecule is CC(C)(C)c1ccc(S(=O)(=O)Nc2cc(Cl)cnc2C(=O)c2cc(CC(C)(C)c3ccc(S(=O)(=O)Nc4cc(Cl)cnc4C(=O)c4cccc(NC(N)=O)n4)cc3)cc(N)n2)cc1. The minimum atomic E-state index is -4.32. The molecule has 20 heteroatoms. The van der Waals surface area contributed by atoms with Crippen molar-refractivity contribution in [3.05, 3.63) is 153 Å². The lowest BCUT2D eigenvalue weighted by atomic mass is 9.79. The van der Waals surface area contributed by atoms with E-state index in [1.54, 1.807) is 30.3 Å². The smallest absolute Gasteiger partial charge is 0.317 e. The topological polar surface area (TPSA) is 259 Å². The highest BCUT2D eigenvalue weighted by molar-refractivity contribution is 7.93. The number of rotatable bonds is 14. The molecule has 4 heterocycles. The normalized spacial score (nSPS) is 12.0. The zero-order valence-electron chi connectivity index (χ0n) is 34.4. The largest absolute Gasteiger partial charge is 0.384 e. The van der Waals surface area contributed by atoms with E-state index in [4.69, 9.17) is 34.7 Å². The molecule has 0 aliphatic rings. The zero-order valence-corrected chi connectivity index (χ0v) is 37.5. The number of nitrogen functional groups attached to an aromatic ring is 1. The predicted molar refractivity (Wildman–Crippen MR) is 241 cm³/mol. The summed E-state index contributed by atoms with van der Waals surface area (Å²) < 4.78 is 59.1. The first-order chi connectivity index (χ1) is 29.4. The number of aromatic nitrogens is 4. The van der Waals surface area contributed by atoms with Crippen molar-refractivity contribution >= 4 is 83.9 Å². The third kappa shape index (κ3) is 11.0. The molecule has 6 rings (SSSR count). The highest BCUT2D eigenvalue weighted by Crippen LogP contribution is 2.32. The molecule has 0 saturated heterocycles. The van der Waals surface area contributed by atoms with Gasteiger partial charge in [0.15, 0.2) is 0 Å². The number of pyridine rings is 4. The van der Waals surface area contributed by atoms with Crippen molar-refractivity contribution in [1.82, 2.24) is 19.9 Å². The number of carbonyl (C=O) groups excluding carboxylic acids is 3. The first-order valence-electron chi connectivity index (χ1n) is 18.9. The number of halogens is 2. The van der Waals surface area contributed by atoms with E-state index < -0.39 is 43.1 Å². The Kier molecular flexibility index (Phi) is 13.0. The van der Waals surface area contributed by atoms with Crippen LogP contribution < -0.4 is 26.2 Å². The van der Waals surface area contributed by atoms with Crippen molar-refractivity contribution in [1.29, 1.82) is 0 Å². The van der Waals surface area contributed by atoms with Gasteiger partial charge in [-0.15, -0.1) is 0 Å². The average molecular weight is 931 g/mol. The van der Waals surface area contributed by atoms with Crippen LogP contribution in [0.1, 0.15) is 83.7 Å². The molecule has 0 radical (unpaired) electrons. The van der Waals surface area contributed by atoms with E-state index in [0.29, 0.717) is 17.5 Å². The van der Waals surface area contributed by atoms with Gasteiger partial charge in [-0.05, 0) is 94.6 Å². The second-order valence-corrected chi connectivity index (χ2v) is 20.2. The summed E-state index contributed by atoms with van der Waals surface area (Å²) in [5.41, 5.74) is 11.6. The summed E-state index contributed by atoms with van der Waals surface area (Å²) in [6.45, 7) is 9.84. The second-order valence-electron chi connectivity index (χ2n) is 16.0. The van der Waals surface area contributed by atoms with E-state index in [9.17, 15) is 31.2 Å². The Morgan fingerprint density at radius 2 is 1.14 bits per heavy atom. The van der Waals surface area contributed by atoms with Crippen LogP contribution in [-0.4, -0.2) is 54.4 Å². The van der Waals surface area contributed by atoms with Crippen LogP contribution in [0.15, 0.2) is 113 Å². The van der Waals surface area contributed by atoms with Gasteiger partial charge in [-0.1, -0.05) is 88.2 Å². The van der Waals surface area contributed by atoms with Crippen LogP contribution in [-0.2, 0) is 37.3 Å². The molecule has 6 aromatic rings. The number of benzene rings is 2. The van der Waals surface area contributed by atoms with Crippen LogP contribution in [0.4, 0.5) is 27.8 Å². The van der Waals surface area contributed by atoms with Crippen molar-refractivity contribution < 1.29 is 31.2 Å². The molecular formula is C43H41Cl2N9O7S2. The molecule has 7 N–H and O–H groups in total. The molecule has 0 spiro atoms. The van der Waals surface area contributed by atoms with Crippen molar-refractivity contribution in [3.63, 3.8) is 0 Å². The molecular weight excluding hydrogens is 890 g/mol. The zero-order chi connectivity index (χ0) is 46.1. The van der Waals surface area contributed by atoms with Gasteiger partial charge in [-0.3, -0.25) is 24.4 Å². The number of hydrogen-bond donors (Lipinski definition) is 5. The number of anilines is 4. The quantitative estimate of drug-likeness (QED) is 0.0664. The minimum absolute atomic E-state index is 0.000354. The van der Waals surface area contributed by atoms with E-state index in [1.807, 2.05) is 34.6 Å². The molecule has 0 unspecified atom stereocenters. The summed E-state index contributed by atoms with van der Waals surface area (Å²) in [6, 6.07) is 21.4. The number of sulfonamides is 2. The van der Waals surface area contributed by atoms with Gasteiger partial charge in [-0.2, -0.15) is 0 Å². The summed E-state index contributed by atoms with van der Waals surface area (Å²) >= 11 is 12.4. The molecule has 63 heavy (non-hydrogen) atoms. The molecule has 2 aromatic carbocycles. The molecule has 0 aliphatic carbocycles. The Morgan fingerprint density at radius 1 is 0.651 bits per heavy atom. The third-order valence-corrected chi connectivity index (χ3v) is 12.8. The number of ketones is 2. The fourth-order valence-corrected chi connectivity index (χ4v) is 8.89. The van der Waals surface area contributed by atoms with Gasteiger partial charge in [0, 0.05) is 12.4 Å². The molecule has 0 saturated carbocycles. The lowest BCUT2D eigenvalue weighted by molar-refractivity contribution is 0.102. The van der Waals surface area contributed by atoms with Crippen LogP contribution in [0, 0.1) is 0 Å². The van der Waals surface area contributed by atoms with Crippen LogP contribution in [0.25, 0.3) is 0 Å². The Balaban J connectivity index is 1.21. The van der Waals surface area contributed by atoms with Gasteiger partial charge in [0.1, 0.15) is 34.4 Å². The first-order valence-corrected chi connectivity index (χ1v) is 22.6. The number of nitrogens with one attached hydrogen (secondary N) is 3. The number of nitrogens with two attached hydrogens (primary N) is 2. The van der Waals surface area contributed by atoms with Crippen LogP contribution in [0.5, 0.6) is 0 Å². The molecule has 326 valence electrons. The highest BCUT2D eigenvalue weighted by Gasteiger charge is 2.28. The third-order valence-electron chi connectivity index (χ3n) is 9.62. The molecule has 2 amide bonds. The number of amides is 2.